The molecule has 0 saturated heterocycles. The van der Waals surface area contributed by atoms with Gasteiger partial charge in [0, 0.05) is 17.7 Å². The van der Waals surface area contributed by atoms with Gasteiger partial charge < -0.3 is 14.7 Å². The summed E-state index contributed by atoms with van der Waals surface area (Å²) in [6.07, 6.45) is 0.794. The van der Waals surface area contributed by atoms with E-state index in [1.165, 1.54) is 12.1 Å². The van der Waals surface area contributed by atoms with E-state index in [0.717, 1.165) is 23.1 Å². The number of ether oxygens (including phenoxy) is 1. The number of aromatic hydroxyl groups is 1. The summed E-state index contributed by atoms with van der Waals surface area (Å²) in [7, 11) is 0. The first-order valence-electron chi connectivity index (χ1n) is 9.66. The number of aromatic nitrogens is 2. The number of hydrogen-bond donors (Lipinski definition) is 2. The molecule has 2 aromatic carbocycles. The predicted octanol–water partition coefficient (Wildman–Crippen LogP) is 4.28. The summed E-state index contributed by atoms with van der Waals surface area (Å²) in [5.41, 5.74) is 3.35. The molecule has 1 aromatic heterocycles. The van der Waals surface area contributed by atoms with Crippen LogP contribution in [0.25, 0.3) is 11.3 Å². The molecule has 0 fully saturated rings. The number of halogens is 1. The van der Waals surface area contributed by atoms with Crippen molar-refractivity contribution in [3.05, 3.63) is 65.1 Å². The van der Waals surface area contributed by atoms with Gasteiger partial charge in [0.2, 0.25) is 0 Å². The third kappa shape index (κ3) is 3.22. The van der Waals surface area contributed by atoms with Crippen molar-refractivity contribution in [2.24, 2.45) is 0 Å². The van der Waals surface area contributed by atoms with E-state index in [4.69, 9.17) is 4.74 Å². The zero-order valence-electron chi connectivity index (χ0n) is 16.3. The molecular formula is C22H22FN3O3. The minimum Gasteiger partial charge on any atom is -0.504 e. The lowest BCUT2D eigenvalue weighted by Crippen LogP contribution is -2.30. The lowest BCUT2D eigenvalue weighted by atomic mass is 9.95. The van der Waals surface area contributed by atoms with Crippen LogP contribution in [0.1, 0.15) is 47.9 Å². The summed E-state index contributed by atoms with van der Waals surface area (Å²) in [5.74, 6) is -0.0397. The molecular weight excluding hydrogens is 373 g/mol. The molecule has 0 spiro atoms. The predicted molar refractivity (Wildman–Crippen MR) is 106 cm³/mol. The fourth-order valence-electron chi connectivity index (χ4n) is 3.81. The SMILES string of the molecule is CCCN1C(=O)c2[nH]nc(-c3ccc(F)cc3)c2C1c1ccc(O)c(OCC)c1. The van der Waals surface area contributed by atoms with E-state index in [-0.39, 0.29) is 23.5 Å². The highest BCUT2D eigenvalue weighted by molar-refractivity contribution is 6.00. The number of phenols is 1. The highest BCUT2D eigenvalue weighted by Gasteiger charge is 2.41. The Balaban J connectivity index is 1.87. The second kappa shape index (κ2) is 7.58. The number of amides is 1. The molecule has 1 unspecified atom stereocenters. The summed E-state index contributed by atoms with van der Waals surface area (Å²) in [5, 5.41) is 17.3. The fraction of sp³-hybridized carbons (Fsp3) is 0.273. The van der Waals surface area contributed by atoms with Gasteiger partial charge in [-0.05, 0) is 55.3 Å². The Morgan fingerprint density at radius 2 is 1.97 bits per heavy atom. The fourth-order valence-corrected chi connectivity index (χ4v) is 3.81. The number of aromatic amines is 1. The molecule has 0 radical (unpaired) electrons. The quantitative estimate of drug-likeness (QED) is 0.653. The van der Waals surface area contributed by atoms with Crippen molar-refractivity contribution in [3.8, 4) is 22.8 Å². The van der Waals surface area contributed by atoms with Crippen molar-refractivity contribution in [2.75, 3.05) is 13.2 Å². The minimum absolute atomic E-state index is 0.0492. The van der Waals surface area contributed by atoms with E-state index >= 15 is 0 Å². The standard InChI is InChI=1S/C22H22FN3O3/c1-3-11-26-21(14-7-10-16(27)17(12-14)29-4-2)18-19(24-25-20(18)22(26)28)13-5-8-15(23)9-6-13/h5-10,12,21,27H,3-4,11H2,1-2H3,(H,24,25). The smallest absolute Gasteiger partial charge is 0.273 e. The zero-order valence-corrected chi connectivity index (χ0v) is 16.3. The molecule has 1 atom stereocenters. The maximum absolute atomic E-state index is 13.4. The number of rotatable bonds is 6. The topological polar surface area (TPSA) is 78.5 Å². The molecule has 0 bridgehead atoms. The Bertz CT molecular complexity index is 1050. The van der Waals surface area contributed by atoms with Crippen molar-refractivity contribution >= 4 is 5.91 Å². The summed E-state index contributed by atoms with van der Waals surface area (Å²) >= 11 is 0. The number of nitrogens with zero attached hydrogens (tertiary/aromatic N) is 2. The Hall–Kier alpha value is -3.35. The molecule has 150 valence electrons. The first-order chi connectivity index (χ1) is 14.0. The molecule has 7 heteroatoms. The molecule has 2 heterocycles. The van der Waals surface area contributed by atoms with Gasteiger partial charge in [-0.3, -0.25) is 9.89 Å². The Morgan fingerprint density at radius 1 is 1.21 bits per heavy atom. The number of carbonyl (C=O) groups excluding carboxylic acids is 1. The molecule has 3 aromatic rings. The van der Waals surface area contributed by atoms with Crippen LogP contribution in [0.4, 0.5) is 4.39 Å². The average Bonchev–Trinajstić information content (AvgIpc) is 3.25. The maximum atomic E-state index is 13.4. The van der Waals surface area contributed by atoms with Crippen LogP contribution in [0.3, 0.4) is 0 Å². The van der Waals surface area contributed by atoms with E-state index in [1.807, 2.05) is 13.8 Å². The van der Waals surface area contributed by atoms with Crippen LogP contribution < -0.4 is 4.74 Å². The highest BCUT2D eigenvalue weighted by atomic mass is 19.1. The number of nitrogens with one attached hydrogen (secondary N) is 1. The molecule has 0 saturated carbocycles. The number of benzene rings is 2. The number of fused-ring (bicyclic) bond motifs is 1. The van der Waals surface area contributed by atoms with Crippen LogP contribution in [-0.2, 0) is 0 Å². The Morgan fingerprint density at radius 3 is 2.66 bits per heavy atom. The molecule has 1 aliphatic rings. The van der Waals surface area contributed by atoms with Crippen molar-refractivity contribution < 1.29 is 19.0 Å². The van der Waals surface area contributed by atoms with Crippen LogP contribution in [0.5, 0.6) is 11.5 Å². The van der Waals surface area contributed by atoms with Gasteiger partial charge in [0.1, 0.15) is 11.5 Å². The maximum Gasteiger partial charge on any atom is 0.273 e. The van der Waals surface area contributed by atoms with Crippen LogP contribution in [0, 0.1) is 5.82 Å². The molecule has 29 heavy (non-hydrogen) atoms. The van der Waals surface area contributed by atoms with Crippen molar-refractivity contribution in [3.63, 3.8) is 0 Å². The number of carbonyl (C=O) groups is 1. The number of phenolic OH excluding ortho intramolecular Hbond substituents is 1. The lowest BCUT2D eigenvalue weighted by Gasteiger charge is -2.26. The average molecular weight is 395 g/mol. The summed E-state index contributed by atoms with van der Waals surface area (Å²) < 4.78 is 18.9. The molecule has 0 aliphatic carbocycles. The van der Waals surface area contributed by atoms with Gasteiger partial charge in [-0.15, -0.1) is 0 Å². The van der Waals surface area contributed by atoms with Gasteiger partial charge in [0.15, 0.2) is 11.5 Å². The monoisotopic (exact) mass is 395 g/mol. The summed E-state index contributed by atoms with van der Waals surface area (Å²) in [6.45, 7) is 4.84. The zero-order chi connectivity index (χ0) is 20.5. The Kier molecular flexibility index (Phi) is 4.96. The van der Waals surface area contributed by atoms with E-state index < -0.39 is 0 Å². The molecule has 4 rings (SSSR count). The number of H-pyrrole nitrogens is 1. The van der Waals surface area contributed by atoms with Crippen molar-refractivity contribution in [1.29, 1.82) is 0 Å². The minimum atomic E-state index is -0.379. The molecule has 6 nitrogen and oxygen atoms in total. The largest absolute Gasteiger partial charge is 0.504 e. The van der Waals surface area contributed by atoms with E-state index in [9.17, 15) is 14.3 Å². The second-order valence-corrected chi connectivity index (χ2v) is 6.93. The highest BCUT2D eigenvalue weighted by Crippen LogP contribution is 2.44. The molecule has 2 N–H and O–H groups in total. The number of hydrogen-bond acceptors (Lipinski definition) is 4. The van der Waals surface area contributed by atoms with Gasteiger partial charge in [0.25, 0.3) is 5.91 Å². The van der Waals surface area contributed by atoms with Crippen LogP contribution in [0.2, 0.25) is 0 Å². The summed E-state index contributed by atoms with van der Waals surface area (Å²) in [4.78, 5) is 14.9. The second-order valence-electron chi connectivity index (χ2n) is 6.93. The van der Waals surface area contributed by atoms with Gasteiger partial charge in [-0.25, -0.2) is 4.39 Å². The van der Waals surface area contributed by atoms with Crippen molar-refractivity contribution in [2.45, 2.75) is 26.3 Å². The summed E-state index contributed by atoms with van der Waals surface area (Å²) in [6, 6.07) is 10.8. The van der Waals surface area contributed by atoms with Gasteiger partial charge in [-0.1, -0.05) is 13.0 Å². The first-order valence-corrected chi connectivity index (χ1v) is 9.66. The van der Waals surface area contributed by atoms with Crippen LogP contribution in [-0.4, -0.2) is 39.3 Å². The third-order valence-electron chi connectivity index (χ3n) is 5.05. The first kappa shape index (κ1) is 19.0. The molecule has 1 aliphatic heterocycles. The van der Waals surface area contributed by atoms with E-state index in [1.54, 1.807) is 35.2 Å². The van der Waals surface area contributed by atoms with Crippen molar-refractivity contribution in [1.82, 2.24) is 15.1 Å². The molecule has 1 amide bonds. The van der Waals surface area contributed by atoms with Gasteiger partial charge in [-0.2, -0.15) is 5.10 Å². The van der Waals surface area contributed by atoms with Crippen LogP contribution >= 0.6 is 0 Å². The van der Waals surface area contributed by atoms with Gasteiger partial charge in [0.05, 0.1) is 18.3 Å². The van der Waals surface area contributed by atoms with Crippen LogP contribution in [0.15, 0.2) is 42.5 Å². The van der Waals surface area contributed by atoms with E-state index in [0.29, 0.717) is 30.3 Å². The van der Waals surface area contributed by atoms with Gasteiger partial charge >= 0.3 is 0 Å². The lowest BCUT2D eigenvalue weighted by molar-refractivity contribution is 0.0743. The van der Waals surface area contributed by atoms with E-state index in [2.05, 4.69) is 10.2 Å². The third-order valence-corrected chi connectivity index (χ3v) is 5.05. The normalized spacial score (nSPS) is 15.6. The Labute approximate surface area is 167 Å².